The highest BCUT2D eigenvalue weighted by Crippen LogP contribution is 2.07. The molecule has 52 valence electrons. The van der Waals surface area contributed by atoms with Crippen molar-refractivity contribution >= 4 is 27.3 Å². The predicted octanol–water partition coefficient (Wildman–Crippen LogP) is 1.52. The highest BCUT2D eigenvalue weighted by atomic mass is 79.9. The van der Waals surface area contributed by atoms with E-state index in [-0.39, 0.29) is 0 Å². The lowest BCUT2D eigenvalue weighted by molar-refractivity contribution is -0.390. The number of hydrogen-bond donors (Lipinski definition) is 0. The summed E-state index contributed by atoms with van der Waals surface area (Å²) in [4.78, 5) is 3.11. The maximum atomic E-state index is 8.33. The summed E-state index contributed by atoms with van der Waals surface area (Å²) in [6, 6.07) is 2.09. The van der Waals surface area contributed by atoms with Crippen molar-refractivity contribution < 1.29 is 4.98 Å². The average Bonchev–Trinajstić information content (AvgIpc) is 2.37. The number of aromatic amines is 1. The molecule has 1 heterocycles. The number of hydrogen-bond acceptors (Lipinski definition) is 2. The van der Waals surface area contributed by atoms with Gasteiger partial charge in [-0.15, -0.1) is 0 Å². The van der Waals surface area contributed by atoms with Crippen LogP contribution in [0.2, 0.25) is 0 Å². The minimum atomic E-state index is 0.484. The summed E-state index contributed by atoms with van der Waals surface area (Å²) in [5.41, 5.74) is 1.13. The Hall–Kier alpha value is -0.400. The molecule has 0 saturated heterocycles. The van der Waals surface area contributed by atoms with Crippen LogP contribution in [-0.2, 0) is 11.8 Å². The number of aromatic nitrogens is 1. The Labute approximate surface area is 71.6 Å². The number of halogens is 1. The molecule has 0 aliphatic carbocycles. The van der Waals surface area contributed by atoms with Crippen LogP contribution in [0.25, 0.3) is 0 Å². The van der Waals surface area contributed by atoms with Crippen molar-refractivity contribution in [3.63, 3.8) is 0 Å². The van der Waals surface area contributed by atoms with Crippen molar-refractivity contribution in [3.8, 4) is 6.07 Å². The van der Waals surface area contributed by atoms with Crippen LogP contribution in [0.3, 0.4) is 0 Å². The second-order valence-corrected chi connectivity index (χ2v) is 3.30. The third kappa shape index (κ3) is 1.79. The van der Waals surface area contributed by atoms with Gasteiger partial charge in [0.15, 0.2) is 0 Å². The summed E-state index contributed by atoms with van der Waals surface area (Å²) in [6.45, 7) is 0. The van der Waals surface area contributed by atoms with E-state index in [0.717, 1.165) is 16.0 Å². The fraction of sp³-hybridized carbons (Fsp3) is 0.333. The highest BCUT2D eigenvalue weighted by Gasteiger charge is 2.06. The van der Waals surface area contributed by atoms with Crippen molar-refractivity contribution in [2.75, 3.05) is 0 Å². The zero-order valence-corrected chi connectivity index (χ0v) is 7.63. The number of rotatable bonds is 2. The highest BCUT2D eigenvalue weighted by molar-refractivity contribution is 9.08. The van der Waals surface area contributed by atoms with Crippen molar-refractivity contribution in [1.29, 1.82) is 5.26 Å². The molecular weight excluding hydrogens is 212 g/mol. The molecule has 0 aromatic carbocycles. The van der Waals surface area contributed by atoms with Crippen molar-refractivity contribution in [3.05, 3.63) is 16.1 Å². The van der Waals surface area contributed by atoms with Crippen LogP contribution >= 0.6 is 27.3 Å². The first-order chi connectivity index (χ1) is 4.86. The number of nitriles is 1. The standard InChI is InChI=1S/C6H5BrN2S/c7-3-5-4-10-6(9-5)1-2-8/h4H,1,3H2/p+1. The summed E-state index contributed by atoms with van der Waals surface area (Å²) in [5.74, 6) is 0. The minimum Gasteiger partial charge on any atom is -0.201 e. The van der Waals surface area contributed by atoms with Gasteiger partial charge in [-0.25, -0.2) is 4.98 Å². The predicted molar refractivity (Wildman–Crippen MR) is 42.8 cm³/mol. The monoisotopic (exact) mass is 217 g/mol. The fourth-order valence-electron chi connectivity index (χ4n) is 0.603. The lowest BCUT2D eigenvalue weighted by Gasteiger charge is -1.73. The van der Waals surface area contributed by atoms with Gasteiger partial charge in [0, 0.05) is 0 Å². The molecule has 4 heteroatoms. The number of nitrogens with one attached hydrogen (secondary N) is 1. The van der Waals surface area contributed by atoms with Gasteiger partial charge in [0.25, 0.3) is 0 Å². The summed E-state index contributed by atoms with van der Waals surface area (Å²) >= 11 is 4.91. The molecule has 0 bridgehead atoms. The summed E-state index contributed by atoms with van der Waals surface area (Å²) in [6.07, 6.45) is 0.484. The van der Waals surface area contributed by atoms with Gasteiger partial charge in [0.2, 0.25) is 10.7 Å². The normalized spacial score (nSPS) is 9.20. The van der Waals surface area contributed by atoms with Gasteiger partial charge >= 0.3 is 0 Å². The van der Waals surface area contributed by atoms with E-state index < -0.39 is 0 Å². The zero-order chi connectivity index (χ0) is 7.40. The molecule has 0 atom stereocenters. The van der Waals surface area contributed by atoms with Gasteiger partial charge in [-0.1, -0.05) is 27.3 Å². The van der Waals surface area contributed by atoms with Gasteiger partial charge < -0.3 is 0 Å². The molecule has 0 fully saturated rings. The van der Waals surface area contributed by atoms with Gasteiger partial charge in [-0.05, 0) is 0 Å². The average molecular weight is 218 g/mol. The molecule has 2 nitrogen and oxygen atoms in total. The van der Waals surface area contributed by atoms with Crippen LogP contribution in [0.4, 0.5) is 0 Å². The third-order valence-electron chi connectivity index (χ3n) is 1.03. The van der Waals surface area contributed by atoms with Gasteiger partial charge in [-0.3, -0.25) is 0 Å². The Bertz CT molecular complexity index is 250. The molecule has 0 aliphatic heterocycles. The Morgan fingerprint density at radius 3 is 3.10 bits per heavy atom. The van der Waals surface area contributed by atoms with E-state index in [4.69, 9.17) is 5.26 Å². The van der Waals surface area contributed by atoms with Crippen molar-refractivity contribution in [1.82, 2.24) is 0 Å². The quantitative estimate of drug-likeness (QED) is 0.693. The molecule has 0 saturated carbocycles. The number of nitrogens with zero attached hydrogens (tertiary/aromatic N) is 1. The number of alkyl halides is 1. The van der Waals surface area contributed by atoms with Gasteiger partial charge in [-0.2, -0.15) is 5.26 Å². The molecule has 0 aliphatic rings. The molecule has 10 heavy (non-hydrogen) atoms. The first-order valence-electron chi connectivity index (χ1n) is 2.78. The maximum absolute atomic E-state index is 8.33. The Morgan fingerprint density at radius 2 is 2.60 bits per heavy atom. The lowest BCUT2D eigenvalue weighted by Crippen LogP contribution is -2.08. The van der Waals surface area contributed by atoms with Crippen LogP contribution in [-0.4, -0.2) is 0 Å². The largest absolute Gasteiger partial charge is 0.250 e. The topological polar surface area (TPSA) is 37.9 Å². The molecule has 1 aromatic rings. The molecular formula is C6H6BrN2S+. The summed E-state index contributed by atoms with van der Waals surface area (Å²) in [5, 5.41) is 12.2. The van der Waals surface area contributed by atoms with E-state index in [1.54, 1.807) is 11.3 Å². The molecule has 1 N–H and O–H groups in total. The SMILES string of the molecule is N#CCc1[nH+]c(CBr)cs1. The van der Waals surface area contributed by atoms with E-state index in [2.05, 4.69) is 27.0 Å². The van der Waals surface area contributed by atoms with Crippen molar-refractivity contribution in [2.45, 2.75) is 11.8 Å². The first kappa shape index (κ1) is 7.70. The molecule has 0 radical (unpaired) electrons. The van der Waals surface area contributed by atoms with E-state index in [9.17, 15) is 0 Å². The van der Waals surface area contributed by atoms with Crippen LogP contribution in [0.15, 0.2) is 5.38 Å². The van der Waals surface area contributed by atoms with E-state index in [1.165, 1.54) is 0 Å². The molecule has 0 unspecified atom stereocenters. The van der Waals surface area contributed by atoms with E-state index in [0.29, 0.717) is 6.42 Å². The van der Waals surface area contributed by atoms with E-state index >= 15 is 0 Å². The zero-order valence-electron chi connectivity index (χ0n) is 5.22. The summed E-state index contributed by atoms with van der Waals surface area (Å²) < 4.78 is 0. The summed E-state index contributed by atoms with van der Waals surface area (Å²) in [7, 11) is 0. The molecule has 1 rings (SSSR count). The Morgan fingerprint density at radius 1 is 1.80 bits per heavy atom. The first-order valence-corrected chi connectivity index (χ1v) is 4.78. The lowest BCUT2D eigenvalue weighted by atomic mass is 10.5. The molecule has 0 amide bonds. The smallest absolute Gasteiger partial charge is 0.201 e. The van der Waals surface area contributed by atoms with Crippen LogP contribution in [0.5, 0.6) is 0 Å². The van der Waals surface area contributed by atoms with Crippen LogP contribution in [0, 0.1) is 11.3 Å². The second kappa shape index (κ2) is 3.69. The fourth-order valence-corrected chi connectivity index (χ4v) is 1.88. The Kier molecular flexibility index (Phi) is 2.84. The molecule has 1 aromatic heterocycles. The van der Waals surface area contributed by atoms with Gasteiger partial charge in [0.05, 0.1) is 16.8 Å². The third-order valence-corrected chi connectivity index (χ3v) is 2.56. The Balaban J connectivity index is 2.70. The van der Waals surface area contributed by atoms with Crippen LogP contribution < -0.4 is 4.98 Å². The molecule has 0 spiro atoms. The van der Waals surface area contributed by atoms with E-state index in [1.807, 2.05) is 5.38 Å². The number of thiazole rings is 1. The van der Waals surface area contributed by atoms with Crippen LogP contribution in [0.1, 0.15) is 10.7 Å². The minimum absolute atomic E-state index is 0.484. The second-order valence-electron chi connectivity index (χ2n) is 1.78. The number of H-pyrrole nitrogens is 1. The maximum Gasteiger partial charge on any atom is 0.250 e. The van der Waals surface area contributed by atoms with Crippen molar-refractivity contribution in [2.24, 2.45) is 0 Å². The van der Waals surface area contributed by atoms with Gasteiger partial charge in [0.1, 0.15) is 6.42 Å².